The van der Waals surface area contributed by atoms with Gasteiger partial charge in [-0.25, -0.2) is 9.78 Å². The van der Waals surface area contributed by atoms with Crippen molar-refractivity contribution in [2.24, 2.45) is 0 Å². The summed E-state index contributed by atoms with van der Waals surface area (Å²) < 4.78 is 4.58. The SMILES string of the molecule is COC(=O)c1ccc(NC(=O)C(=O)Nc2nc(C)c(C)s2)cc1. The molecule has 1 aromatic heterocycles. The van der Waals surface area contributed by atoms with E-state index in [9.17, 15) is 14.4 Å². The fraction of sp³-hybridized carbons (Fsp3) is 0.200. The first kappa shape index (κ1) is 16.6. The minimum atomic E-state index is -0.818. The van der Waals surface area contributed by atoms with E-state index in [1.807, 2.05) is 13.8 Å². The number of carbonyl (C=O) groups excluding carboxylic acids is 3. The maximum Gasteiger partial charge on any atom is 0.337 e. The van der Waals surface area contributed by atoms with E-state index >= 15 is 0 Å². The van der Waals surface area contributed by atoms with E-state index in [0.29, 0.717) is 16.4 Å². The van der Waals surface area contributed by atoms with Gasteiger partial charge in [0.1, 0.15) is 0 Å². The normalized spacial score (nSPS) is 10.0. The fourth-order valence-corrected chi connectivity index (χ4v) is 2.49. The number of rotatable bonds is 3. The van der Waals surface area contributed by atoms with Gasteiger partial charge in [0.2, 0.25) is 0 Å². The van der Waals surface area contributed by atoms with Gasteiger partial charge in [0, 0.05) is 10.6 Å². The van der Waals surface area contributed by atoms with Gasteiger partial charge in [0.05, 0.1) is 18.4 Å². The van der Waals surface area contributed by atoms with E-state index in [-0.39, 0.29) is 0 Å². The van der Waals surface area contributed by atoms with Crippen molar-refractivity contribution in [1.82, 2.24) is 4.98 Å². The van der Waals surface area contributed by atoms with Crippen molar-refractivity contribution in [2.75, 3.05) is 17.7 Å². The molecule has 0 atom stereocenters. The number of anilines is 2. The maximum absolute atomic E-state index is 11.8. The predicted molar refractivity (Wildman–Crippen MR) is 86.6 cm³/mol. The van der Waals surface area contributed by atoms with Crippen LogP contribution in [0.5, 0.6) is 0 Å². The first-order valence-electron chi connectivity index (χ1n) is 6.65. The fourth-order valence-electron chi connectivity index (χ4n) is 1.68. The van der Waals surface area contributed by atoms with Crippen LogP contribution in [0.1, 0.15) is 20.9 Å². The lowest BCUT2D eigenvalue weighted by Crippen LogP contribution is -2.29. The topological polar surface area (TPSA) is 97.4 Å². The highest BCUT2D eigenvalue weighted by molar-refractivity contribution is 7.15. The summed E-state index contributed by atoms with van der Waals surface area (Å²) in [5.41, 5.74) is 1.55. The molecule has 2 N–H and O–H groups in total. The van der Waals surface area contributed by atoms with Crippen molar-refractivity contribution in [3.05, 3.63) is 40.4 Å². The largest absolute Gasteiger partial charge is 0.465 e. The van der Waals surface area contributed by atoms with Crippen LogP contribution in [0, 0.1) is 13.8 Å². The average Bonchev–Trinajstić information content (AvgIpc) is 2.85. The molecule has 1 aromatic carbocycles. The lowest BCUT2D eigenvalue weighted by atomic mass is 10.2. The summed E-state index contributed by atoms with van der Waals surface area (Å²) in [6, 6.07) is 6.00. The number of aromatic nitrogens is 1. The summed E-state index contributed by atoms with van der Waals surface area (Å²) >= 11 is 1.30. The van der Waals surface area contributed by atoms with Crippen LogP contribution in [0.3, 0.4) is 0 Å². The molecule has 0 bridgehead atoms. The summed E-state index contributed by atoms with van der Waals surface area (Å²) in [5, 5.41) is 5.26. The zero-order chi connectivity index (χ0) is 17.0. The van der Waals surface area contributed by atoms with Crippen LogP contribution in [-0.2, 0) is 14.3 Å². The highest BCUT2D eigenvalue weighted by atomic mass is 32.1. The molecule has 0 aliphatic carbocycles. The zero-order valence-corrected chi connectivity index (χ0v) is 13.6. The molecule has 8 heteroatoms. The molecule has 0 aliphatic rings. The number of methoxy groups -OCH3 is 1. The molecule has 2 aromatic rings. The van der Waals surface area contributed by atoms with E-state index in [2.05, 4.69) is 20.4 Å². The second-order valence-electron chi connectivity index (χ2n) is 4.64. The van der Waals surface area contributed by atoms with E-state index in [4.69, 9.17) is 0 Å². The molecule has 0 spiro atoms. The third-order valence-corrected chi connectivity index (χ3v) is 4.01. The molecule has 0 fully saturated rings. The van der Waals surface area contributed by atoms with Crippen molar-refractivity contribution in [3.63, 3.8) is 0 Å². The van der Waals surface area contributed by atoms with Crippen LogP contribution in [-0.4, -0.2) is 29.9 Å². The Kier molecular flexibility index (Phi) is 5.07. The van der Waals surface area contributed by atoms with Gasteiger partial charge < -0.3 is 10.1 Å². The third kappa shape index (κ3) is 4.13. The Balaban J connectivity index is 1.98. The number of carbonyl (C=O) groups is 3. The monoisotopic (exact) mass is 333 g/mol. The third-order valence-electron chi connectivity index (χ3n) is 3.02. The molecule has 0 aliphatic heterocycles. The van der Waals surface area contributed by atoms with Crippen LogP contribution in [0.2, 0.25) is 0 Å². The summed E-state index contributed by atoms with van der Waals surface area (Å²) in [4.78, 5) is 40.1. The Morgan fingerprint density at radius 1 is 1.04 bits per heavy atom. The number of nitrogens with one attached hydrogen (secondary N) is 2. The van der Waals surface area contributed by atoms with Gasteiger partial charge in [-0.3, -0.25) is 14.9 Å². The Morgan fingerprint density at radius 2 is 1.65 bits per heavy atom. The number of hydrogen-bond acceptors (Lipinski definition) is 6. The Hall–Kier alpha value is -2.74. The van der Waals surface area contributed by atoms with Gasteiger partial charge >= 0.3 is 17.8 Å². The number of thiazole rings is 1. The number of amides is 2. The Labute approximate surface area is 136 Å². The first-order valence-corrected chi connectivity index (χ1v) is 7.47. The number of benzene rings is 1. The molecule has 0 saturated carbocycles. The highest BCUT2D eigenvalue weighted by Gasteiger charge is 2.16. The number of aryl methyl sites for hydroxylation is 2. The number of hydrogen-bond donors (Lipinski definition) is 2. The second-order valence-corrected chi connectivity index (χ2v) is 5.84. The van der Waals surface area contributed by atoms with Gasteiger partial charge in [-0.05, 0) is 38.1 Å². The van der Waals surface area contributed by atoms with Crippen LogP contribution >= 0.6 is 11.3 Å². The van der Waals surface area contributed by atoms with Crippen LogP contribution in [0.25, 0.3) is 0 Å². The number of nitrogens with zero attached hydrogens (tertiary/aromatic N) is 1. The standard InChI is InChI=1S/C15H15N3O4S/c1-8-9(2)23-15(16-8)18-13(20)12(19)17-11-6-4-10(5-7-11)14(21)22-3/h4-7H,1-3H3,(H,17,19)(H,16,18,20). The molecule has 2 amide bonds. The quantitative estimate of drug-likeness (QED) is 0.662. The molecule has 7 nitrogen and oxygen atoms in total. The van der Waals surface area contributed by atoms with Crippen molar-refractivity contribution < 1.29 is 19.1 Å². The molecular formula is C15H15N3O4S. The van der Waals surface area contributed by atoms with Crippen molar-refractivity contribution in [2.45, 2.75) is 13.8 Å². The molecule has 0 radical (unpaired) electrons. The van der Waals surface area contributed by atoms with Crippen molar-refractivity contribution >= 4 is 39.9 Å². The molecule has 0 unspecified atom stereocenters. The zero-order valence-electron chi connectivity index (χ0n) is 12.8. The van der Waals surface area contributed by atoms with Crippen LogP contribution < -0.4 is 10.6 Å². The minimum absolute atomic E-state index is 0.351. The van der Waals surface area contributed by atoms with Gasteiger partial charge in [0.15, 0.2) is 5.13 Å². The van der Waals surface area contributed by atoms with Crippen LogP contribution in [0.15, 0.2) is 24.3 Å². The predicted octanol–water partition coefficient (Wildman–Crippen LogP) is 2.12. The molecule has 2 rings (SSSR count). The Morgan fingerprint density at radius 3 is 2.17 bits per heavy atom. The van der Waals surface area contributed by atoms with Crippen molar-refractivity contribution in [1.29, 1.82) is 0 Å². The highest BCUT2D eigenvalue weighted by Crippen LogP contribution is 2.21. The number of ether oxygens (including phenoxy) is 1. The van der Waals surface area contributed by atoms with E-state index in [1.165, 1.54) is 42.7 Å². The summed E-state index contributed by atoms with van der Waals surface area (Å²) in [6.07, 6.45) is 0. The van der Waals surface area contributed by atoms with Crippen LogP contribution in [0.4, 0.5) is 10.8 Å². The lowest BCUT2D eigenvalue weighted by molar-refractivity contribution is -0.132. The van der Waals surface area contributed by atoms with Gasteiger partial charge in [0.25, 0.3) is 0 Å². The summed E-state index contributed by atoms with van der Waals surface area (Å²) in [7, 11) is 1.28. The molecule has 120 valence electrons. The van der Waals surface area contributed by atoms with E-state index in [0.717, 1.165) is 10.6 Å². The molecule has 23 heavy (non-hydrogen) atoms. The lowest BCUT2D eigenvalue weighted by Gasteiger charge is -2.05. The second kappa shape index (κ2) is 7.01. The number of esters is 1. The minimum Gasteiger partial charge on any atom is -0.465 e. The Bertz CT molecular complexity index is 733. The van der Waals surface area contributed by atoms with E-state index < -0.39 is 17.8 Å². The van der Waals surface area contributed by atoms with Gasteiger partial charge in [-0.2, -0.15) is 0 Å². The molecular weight excluding hydrogens is 318 g/mol. The first-order chi connectivity index (χ1) is 10.9. The molecule has 1 heterocycles. The maximum atomic E-state index is 11.8. The smallest absolute Gasteiger partial charge is 0.337 e. The average molecular weight is 333 g/mol. The van der Waals surface area contributed by atoms with Crippen molar-refractivity contribution in [3.8, 4) is 0 Å². The van der Waals surface area contributed by atoms with E-state index in [1.54, 1.807) is 0 Å². The molecule has 0 saturated heterocycles. The summed E-state index contributed by atoms with van der Waals surface area (Å²) in [5.74, 6) is -2.10. The van der Waals surface area contributed by atoms with Gasteiger partial charge in [-0.1, -0.05) is 0 Å². The summed E-state index contributed by atoms with van der Waals surface area (Å²) in [6.45, 7) is 3.70. The van der Waals surface area contributed by atoms with Gasteiger partial charge in [-0.15, -0.1) is 11.3 Å².